The van der Waals surface area contributed by atoms with Crippen molar-refractivity contribution in [2.45, 2.75) is 32.8 Å². The van der Waals surface area contributed by atoms with Crippen molar-refractivity contribution >= 4 is 5.96 Å². The number of nitrogens with one attached hydrogen (secondary N) is 1. The molecule has 1 aromatic carbocycles. The summed E-state index contributed by atoms with van der Waals surface area (Å²) in [6.45, 7) is 7.50. The topological polar surface area (TPSA) is 47.9 Å². The SMILES string of the molecule is CCNC(=NCC(O)c1ccc(C)cc1)N1CCCC1. The van der Waals surface area contributed by atoms with E-state index in [4.69, 9.17) is 0 Å². The van der Waals surface area contributed by atoms with E-state index >= 15 is 0 Å². The monoisotopic (exact) mass is 275 g/mol. The van der Waals surface area contributed by atoms with E-state index in [0.717, 1.165) is 31.2 Å². The van der Waals surface area contributed by atoms with Gasteiger partial charge in [-0.15, -0.1) is 0 Å². The minimum atomic E-state index is -0.535. The molecule has 0 saturated carbocycles. The summed E-state index contributed by atoms with van der Waals surface area (Å²) in [5, 5.41) is 13.5. The molecule has 0 aromatic heterocycles. The van der Waals surface area contributed by atoms with Gasteiger partial charge in [-0.25, -0.2) is 0 Å². The Kier molecular flexibility index (Phi) is 5.41. The van der Waals surface area contributed by atoms with E-state index < -0.39 is 6.10 Å². The lowest BCUT2D eigenvalue weighted by Crippen LogP contribution is -2.39. The number of guanidine groups is 1. The van der Waals surface area contributed by atoms with Gasteiger partial charge >= 0.3 is 0 Å². The number of aryl methyl sites for hydroxylation is 1. The molecular weight excluding hydrogens is 250 g/mol. The van der Waals surface area contributed by atoms with E-state index in [1.807, 2.05) is 31.2 Å². The van der Waals surface area contributed by atoms with Crippen LogP contribution in [0.3, 0.4) is 0 Å². The first-order valence-corrected chi connectivity index (χ1v) is 7.48. The van der Waals surface area contributed by atoms with Crippen molar-refractivity contribution < 1.29 is 5.11 Å². The molecule has 0 amide bonds. The number of nitrogens with zero attached hydrogens (tertiary/aromatic N) is 2. The highest BCUT2D eigenvalue weighted by molar-refractivity contribution is 5.80. The molecule has 2 N–H and O–H groups in total. The average molecular weight is 275 g/mol. The van der Waals surface area contributed by atoms with Gasteiger partial charge in [0.2, 0.25) is 0 Å². The second-order valence-corrected chi connectivity index (χ2v) is 5.32. The molecule has 0 aliphatic carbocycles. The molecule has 4 heteroatoms. The molecule has 0 bridgehead atoms. The van der Waals surface area contributed by atoms with Gasteiger partial charge in [0.15, 0.2) is 5.96 Å². The molecular formula is C16H25N3O. The second kappa shape index (κ2) is 7.29. The Hall–Kier alpha value is -1.55. The van der Waals surface area contributed by atoms with E-state index in [-0.39, 0.29) is 0 Å². The average Bonchev–Trinajstić information content (AvgIpc) is 2.98. The molecule has 2 rings (SSSR count). The van der Waals surface area contributed by atoms with E-state index in [0.29, 0.717) is 6.54 Å². The van der Waals surface area contributed by atoms with Crippen LogP contribution < -0.4 is 5.32 Å². The Bertz CT molecular complexity index is 436. The fraction of sp³-hybridized carbons (Fsp3) is 0.562. The van der Waals surface area contributed by atoms with Crippen molar-refractivity contribution in [2.24, 2.45) is 4.99 Å². The molecule has 1 aliphatic rings. The number of benzene rings is 1. The maximum absolute atomic E-state index is 10.2. The normalized spacial score (nSPS) is 17.4. The molecule has 0 radical (unpaired) electrons. The van der Waals surface area contributed by atoms with Gasteiger partial charge in [0.1, 0.15) is 0 Å². The summed E-state index contributed by atoms with van der Waals surface area (Å²) >= 11 is 0. The van der Waals surface area contributed by atoms with Crippen molar-refractivity contribution in [3.05, 3.63) is 35.4 Å². The molecule has 1 unspecified atom stereocenters. The van der Waals surface area contributed by atoms with Crippen LogP contribution in [0.15, 0.2) is 29.3 Å². The molecule has 1 saturated heterocycles. The minimum absolute atomic E-state index is 0.405. The van der Waals surface area contributed by atoms with Crippen LogP contribution in [0.25, 0.3) is 0 Å². The third-order valence-electron chi connectivity index (χ3n) is 3.62. The van der Waals surface area contributed by atoms with Crippen LogP contribution in [-0.2, 0) is 0 Å². The highest BCUT2D eigenvalue weighted by atomic mass is 16.3. The number of aliphatic imine (C=N–C) groups is 1. The van der Waals surface area contributed by atoms with Crippen LogP contribution in [0.5, 0.6) is 0 Å². The molecule has 110 valence electrons. The number of hydrogen-bond acceptors (Lipinski definition) is 2. The van der Waals surface area contributed by atoms with Crippen molar-refractivity contribution in [1.82, 2.24) is 10.2 Å². The van der Waals surface area contributed by atoms with Gasteiger partial charge in [0, 0.05) is 19.6 Å². The Morgan fingerprint density at radius 3 is 2.55 bits per heavy atom. The summed E-state index contributed by atoms with van der Waals surface area (Å²) in [6, 6.07) is 7.98. The zero-order chi connectivity index (χ0) is 14.4. The summed E-state index contributed by atoms with van der Waals surface area (Å²) in [5.41, 5.74) is 2.13. The fourth-order valence-electron chi connectivity index (χ4n) is 2.42. The lowest BCUT2D eigenvalue weighted by molar-refractivity contribution is 0.186. The highest BCUT2D eigenvalue weighted by Crippen LogP contribution is 2.14. The lowest BCUT2D eigenvalue weighted by Gasteiger charge is -2.21. The summed E-state index contributed by atoms with van der Waals surface area (Å²) in [7, 11) is 0. The number of hydrogen-bond donors (Lipinski definition) is 2. The molecule has 1 aromatic rings. The first kappa shape index (κ1) is 14.9. The van der Waals surface area contributed by atoms with Crippen LogP contribution in [0.4, 0.5) is 0 Å². The van der Waals surface area contributed by atoms with Gasteiger partial charge in [0.25, 0.3) is 0 Å². The largest absolute Gasteiger partial charge is 0.386 e. The zero-order valence-electron chi connectivity index (χ0n) is 12.5. The van der Waals surface area contributed by atoms with E-state index in [9.17, 15) is 5.11 Å². The van der Waals surface area contributed by atoms with Crippen molar-refractivity contribution in [3.8, 4) is 0 Å². The molecule has 0 spiro atoms. The maximum atomic E-state index is 10.2. The lowest BCUT2D eigenvalue weighted by atomic mass is 10.1. The quantitative estimate of drug-likeness (QED) is 0.653. The first-order chi connectivity index (χ1) is 9.70. The smallest absolute Gasteiger partial charge is 0.194 e. The Balaban J connectivity index is 1.98. The van der Waals surface area contributed by atoms with Gasteiger partial charge in [-0.2, -0.15) is 0 Å². The van der Waals surface area contributed by atoms with E-state index in [1.54, 1.807) is 0 Å². The minimum Gasteiger partial charge on any atom is -0.386 e. The number of aliphatic hydroxyl groups is 1. The Morgan fingerprint density at radius 2 is 1.95 bits per heavy atom. The molecule has 1 atom stereocenters. The Labute approximate surface area is 121 Å². The number of aliphatic hydroxyl groups excluding tert-OH is 1. The molecule has 20 heavy (non-hydrogen) atoms. The van der Waals surface area contributed by atoms with Gasteiger partial charge in [-0.3, -0.25) is 4.99 Å². The molecule has 1 aliphatic heterocycles. The zero-order valence-corrected chi connectivity index (χ0v) is 12.5. The fourth-order valence-corrected chi connectivity index (χ4v) is 2.42. The highest BCUT2D eigenvalue weighted by Gasteiger charge is 2.16. The van der Waals surface area contributed by atoms with E-state index in [2.05, 4.69) is 22.1 Å². The van der Waals surface area contributed by atoms with Crippen LogP contribution in [-0.4, -0.2) is 42.1 Å². The van der Waals surface area contributed by atoms with E-state index in [1.165, 1.54) is 18.4 Å². The van der Waals surface area contributed by atoms with Gasteiger partial charge in [-0.05, 0) is 32.3 Å². The van der Waals surface area contributed by atoms with Crippen molar-refractivity contribution in [1.29, 1.82) is 0 Å². The van der Waals surface area contributed by atoms with Crippen LogP contribution in [0.1, 0.15) is 37.0 Å². The predicted molar refractivity (Wildman–Crippen MR) is 82.9 cm³/mol. The molecule has 1 heterocycles. The first-order valence-electron chi connectivity index (χ1n) is 7.48. The number of likely N-dealkylation sites (tertiary alicyclic amines) is 1. The third-order valence-corrected chi connectivity index (χ3v) is 3.62. The van der Waals surface area contributed by atoms with Gasteiger partial charge in [-0.1, -0.05) is 29.8 Å². The van der Waals surface area contributed by atoms with Gasteiger partial charge < -0.3 is 15.3 Å². The third kappa shape index (κ3) is 3.97. The van der Waals surface area contributed by atoms with Crippen LogP contribution in [0, 0.1) is 6.92 Å². The number of rotatable bonds is 4. The maximum Gasteiger partial charge on any atom is 0.194 e. The summed E-state index contributed by atoms with van der Waals surface area (Å²) in [6.07, 6.45) is 1.92. The van der Waals surface area contributed by atoms with Crippen LogP contribution >= 0.6 is 0 Å². The standard InChI is InChI=1S/C16H25N3O/c1-3-17-16(19-10-4-5-11-19)18-12-15(20)14-8-6-13(2)7-9-14/h6-9,15,20H,3-5,10-12H2,1-2H3,(H,17,18). The Morgan fingerprint density at radius 1 is 1.30 bits per heavy atom. The van der Waals surface area contributed by atoms with Crippen LogP contribution in [0.2, 0.25) is 0 Å². The molecule has 4 nitrogen and oxygen atoms in total. The predicted octanol–water partition coefficient (Wildman–Crippen LogP) is 2.09. The van der Waals surface area contributed by atoms with Crippen molar-refractivity contribution in [2.75, 3.05) is 26.2 Å². The summed E-state index contributed by atoms with van der Waals surface area (Å²) in [5.74, 6) is 0.927. The summed E-state index contributed by atoms with van der Waals surface area (Å²) in [4.78, 5) is 6.84. The summed E-state index contributed by atoms with van der Waals surface area (Å²) < 4.78 is 0. The second-order valence-electron chi connectivity index (χ2n) is 5.32. The van der Waals surface area contributed by atoms with Gasteiger partial charge in [0.05, 0.1) is 12.6 Å². The van der Waals surface area contributed by atoms with Crippen molar-refractivity contribution in [3.63, 3.8) is 0 Å². The molecule has 1 fully saturated rings.